The van der Waals surface area contributed by atoms with Gasteiger partial charge in [0.05, 0.1) is 17.0 Å². The van der Waals surface area contributed by atoms with Crippen LogP contribution in [-0.2, 0) is 26.6 Å². The number of hydrogen-bond acceptors (Lipinski definition) is 4. The predicted molar refractivity (Wildman–Crippen MR) is 102 cm³/mol. The van der Waals surface area contributed by atoms with Crippen molar-refractivity contribution in [3.05, 3.63) is 65.9 Å². The first-order valence-corrected chi connectivity index (χ1v) is 10.8. The molecule has 1 heterocycles. The standard InChI is InChI=1S/C18H18N2O3S2/c1-13-9-10-14-7-5-11-19-17(14)18(13)25(22,23)20-16-8-4-3-6-15(16)12-24(2)21/h3-11,20H,12H2,1-2H3. The van der Waals surface area contributed by atoms with E-state index in [1.165, 1.54) is 0 Å². The second-order valence-corrected chi connectivity index (χ2v) is 8.82. The molecule has 5 nitrogen and oxygen atoms in total. The van der Waals surface area contributed by atoms with Crippen molar-refractivity contribution in [2.75, 3.05) is 11.0 Å². The zero-order valence-electron chi connectivity index (χ0n) is 13.9. The lowest BCUT2D eigenvalue weighted by atomic mass is 10.1. The Morgan fingerprint density at radius 2 is 1.84 bits per heavy atom. The van der Waals surface area contributed by atoms with Gasteiger partial charge >= 0.3 is 0 Å². The summed E-state index contributed by atoms with van der Waals surface area (Å²) >= 11 is 0. The topological polar surface area (TPSA) is 76.1 Å². The number of hydrogen-bond donors (Lipinski definition) is 1. The molecule has 0 aliphatic carbocycles. The number of pyridine rings is 1. The zero-order valence-corrected chi connectivity index (χ0v) is 15.5. The molecule has 25 heavy (non-hydrogen) atoms. The van der Waals surface area contributed by atoms with Gasteiger partial charge in [-0.15, -0.1) is 0 Å². The molecule has 0 bridgehead atoms. The van der Waals surface area contributed by atoms with Crippen molar-refractivity contribution in [2.45, 2.75) is 17.6 Å². The molecule has 0 spiro atoms. The molecule has 0 aliphatic heterocycles. The molecule has 0 radical (unpaired) electrons. The van der Waals surface area contributed by atoms with Crippen LogP contribution >= 0.6 is 0 Å². The highest BCUT2D eigenvalue weighted by Gasteiger charge is 2.22. The number of anilines is 1. The summed E-state index contributed by atoms with van der Waals surface area (Å²) in [6, 6.07) is 14.2. The van der Waals surface area contributed by atoms with E-state index in [1.807, 2.05) is 12.1 Å². The Hall–Kier alpha value is -2.25. The van der Waals surface area contributed by atoms with Crippen LogP contribution in [0.25, 0.3) is 10.9 Å². The Morgan fingerprint density at radius 1 is 1.08 bits per heavy atom. The number of rotatable bonds is 5. The lowest BCUT2D eigenvalue weighted by molar-refractivity contribution is 0.601. The molecule has 7 heteroatoms. The molecule has 1 aromatic heterocycles. The number of aromatic nitrogens is 1. The second kappa shape index (κ2) is 6.93. The lowest BCUT2D eigenvalue weighted by Crippen LogP contribution is -2.16. The minimum Gasteiger partial charge on any atom is -0.279 e. The van der Waals surface area contributed by atoms with Crippen molar-refractivity contribution < 1.29 is 12.6 Å². The van der Waals surface area contributed by atoms with Crippen molar-refractivity contribution in [3.63, 3.8) is 0 Å². The summed E-state index contributed by atoms with van der Waals surface area (Å²) in [7, 11) is -4.91. The van der Waals surface area contributed by atoms with Gasteiger partial charge in [0, 0.05) is 28.6 Å². The summed E-state index contributed by atoms with van der Waals surface area (Å²) in [4.78, 5) is 4.42. The number of nitrogens with zero attached hydrogens (tertiary/aromatic N) is 1. The number of benzene rings is 2. The van der Waals surface area contributed by atoms with Gasteiger partial charge in [-0.3, -0.25) is 13.9 Å². The van der Waals surface area contributed by atoms with Crippen LogP contribution in [0.3, 0.4) is 0 Å². The Kier molecular flexibility index (Phi) is 4.87. The maximum atomic E-state index is 13.0. The highest BCUT2D eigenvalue weighted by atomic mass is 32.2. The first kappa shape index (κ1) is 17.6. The summed E-state index contributed by atoms with van der Waals surface area (Å²) in [6.07, 6.45) is 3.17. The molecule has 1 unspecified atom stereocenters. The van der Waals surface area contributed by atoms with E-state index in [4.69, 9.17) is 0 Å². The molecule has 0 fully saturated rings. The molecule has 130 valence electrons. The third-order valence-electron chi connectivity index (χ3n) is 3.81. The molecule has 2 aromatic carbocycles. The van der Waals surface area contributed by atoms with E-state index in [-0.39, 0.29) is 10.6 Å². The molecule has 0 saturated carbocycles. The monoisotopic (exact) mass is 374 g/mol. The van der Waals surface area contributed by atoms with Crippen LogP contribution in [-0.4, -0.2) is 23.9 Å². The van der Waals surface area contributed by atoms with E-state index >= 15 is 0 Å². The molecule has 1 N–H and O–H groups in total. The summed E-state index contributed by atoms with van der Waals surface area (Å²) in [6.45, 7) is 1.75. The van der Waals surface area contributed by atoms with Crippen LogP contribution < -0.4 is 4.72 Å². The van der Waals surface area contributed by atoms with Gasteiger partial charge in [0.15, 0.2) is 0 Å². The summed E-state index contributed by atoms with van der Waals surface area (Å²) in [5.74, 6) is 0.283. The van der Waals surface area contributed by atoms with E-state index in [0.29, 0.717) is 22.3 Å². The Balaban J connectivity index is 2.11. The van der Waals surface area contributed by atoms with Gasteiger partial charge in [0.25, 0.3) is 10.0 Å². The Labute approximate surface area is 149 Å². The number of para-hydroxylation sites is 1. The van der Waals surface area contributed by atoms with Crippen LogP contribution in [0.4, 0.5) is 5.69 Å². The van der Waals surface area contributed by atoms with E-state index < -0.39 is 20.8 Å². The van der Waals surface area contributed by atoms with Gasteiger partial charge in [-0.1, -0.05) is 36.4 Å². The fraction of sp³-hybridized carbons (Fsp3) is 0.167. The smallest absolute Gasteiger partial charge is 0.264 e. The van der Waals surface area contributed by atoms with Gasteiger partial charge < -0.3 is 0 Å². The van der Waals surface area contributed by atoms with Gasteiger partial charge in [-0.25, -0.2) is 8.42 Å². The van der Waals surface area contributed by atoms with E-state index in [1.54, 1.807) is 55.8 Å². The van der Waals surface area contributed by atoms with Crippen LogP contribution in [0.1, 0.15) is 11.1 Å². The quantitative estimate of drug-likeness (QED) is 0.744. The number of fused-ring (bicyclic) bond motifs is 1. The number of sulfonamides is 1. The molecular weight excluding hydrogens is 356 g/mol. The Bertz CT molecular complexity index is 1060. The average Bonchev–Trinajstić information content (AvgIpc) is 2.55. The van der Waals surface area contributed by atoms with Crippen molar-refractivity contribution in [2.24, 2.45) is 0 Å². The predicted octanol–water partition coefficient (Wildman–Crippen LogP) is 3.22. The zero-order chi connectivity index (χ0) is 18.0. The van der Waals surface area contributed by atoms with Gasteiger partial charge in [-0.2, -0.15) is 0 Å². The van der Waals surface area contributed by atoms with Gasteiger partial charge in [0.2, 0.25) is 0 Å². The highest BCUT2D eigenvalue weighted by Crippen LogP contribution is 2.28. The summed E-state index contributed by atoms with van der Waals surface area (Å²) in [5, 5.41) is 0.761. The summed E-state index contributed by atoms with van der Waals surface area (Å²) < 4.78 is 40.3. The minimum atomic E-state index is -3.84. The van der Waals surface area contributed by atoms with E-state index in [0.717, 1.165) is 5.39 Å². The molecule has 1 atom stereocenters. The number of aryl methyl sites for hydroxylation is 1. The average molecular weight is 374 g/mol. The Morgan fingerprint density at radius 3 is 2.60 bits per heavy atom. The molecule has 0 amide bonds. The molecule has 3 aromatic rings. The fourth-order valence-corrected chi connectivity index (χ4v) is 4.92. The third-order valence-corrected chi connectivity index (χ3v) is 6.07. The largest absolute Gasteiger partial charge is 0.279 e. The first-order valence-electron chi connectivity index (χ1n) is 7.63. The second-order valence-electron chi connectivity index (χ2n) is 5.77. The third kappa shape index (κ3) is 3.72. The number of nitrogens with one attached hydrogen (secondary N) is 1. The van der Waals surface area contributed by atoms with E-state index in [9.17, 15) is 12.6 Å². The summed E-state index contributed by atoms with van der Waals surface area (Å²) in [5.41, 5.74) is 2.18. The van der Waals surface area contributed by atoms with Crippen LogP contribution in [0.5, 0.6) is 0 Å². The van der Waals surface area contributed by atoms with Gasteiger partial charge in [0.1, 0.15) is 4.90 Å². The molecule has 3 rings (SSSR count). The van der Waals surface area contributed by atoms with Gasteiger partial charge in [-0.05, 0) is 30.2 Å². The minimum absolute atomic E-state index is 0.165. The van der Waals surface area contributed by atoms with Crippen LogP contribution in [0, 0.1) is 6.92 Å². The first-order chi connectivity index (χ1) is 11.9. The van der Waals surface area contributed by atoms with Crippen LogP contribution in [0.15, 0.2) is 59.6 Å². The highest BCUT2D eigenvalue weighted by molar-refractivity contribution is 7.93. The van der Waals surface area contributed by atoms with Crippen molar-refractivity contribution in [1.82, 2.24) is 4.98 Å². The SMILES string of the molecule is Cc1ccc2cccnc2c1S(=O)(=O)Nc1ccccc1CS(C)=O. The normalized spacial score (nSPS) is 12.9. The molecule has 0 saturated heterocycles. The lowest BCUT2D eigenvalue weighted by Gasteiger charge is -2.15. The molecular formula is C18H18N2O3S2. The van der Waals surface area contributed by atoms with Crippen molar-refractivity contribution >= 4 is 37.4 Å². The van der Waals surface area contributed by atoms with Crippen molar-refractivity contribution in [3.8, 4) is 0 Å². The maximum Gasteiger partial charge on any atom is 0.264 e. The van der Waals surface area contributed by atoms with Crippen molar-refractivity contribution in [1.29, 1.82) is 0 Å². The van der Waals surface area contributed by atoms with E-state index in [2.05, 4.69) is 9.71 Å². The van der Waals surface area contributed by atoms with Crippen LogP contribution in [0.2, 0.25) is 0 Å². The molecule has 0 aliphatic rings. The fourth-order valence-electron chi connectivity index (χ4n) is 2.72. The maximum absolute atomic E-state index is 13.0.